The molecule has 0 aliphatic carbocycles. The van der Waals surface area contributed by atoms with Crippen LogP contribution in [0.15, 0.2) is 18.7 Å². The number of aromatic nitrogens is 2. The summed E-state index contributed by atoms with van der Waals surface area (Å²) in [4.78, 5) is 3.88. The van der Waals surface area contributed by atoms with Crippen LogP contribution in [0.1, 0.15) is 7.85 Å². The van der Waals surface area contributed by atoms with Gasteiger partial charge in [-0.2, -0.15) is 0 Å². The molecule has 4 heteroatoms. The summed E-state index contributed by atoms with van der Waals surface area (Å²) in [5.41, 5.74) is 2.10. The molecule has 0 fully saturated rings. The van der Waals surface area contributed by atoms with Crippen molar-refractivity contribution in [3.63, 3.8) is 0 Å². The molecule has 0 spiro atoms. The lowest BCUT2D eigenvalue weighted by molar-refractivity contribution is 0.164. The van der Waals surface area contributed by atoms with Crippen molar-refractivity contribution in [2.45, 2.75) is 13.0 Å². The molecule has 0 atom stereocenters. The zero-order valence-electron chi connectivity index (χ0n) is 5.70. The first-order chi connectivity index (χ1) is 4.93. The molecule has 1 aromatic heterocycles. The Morgan fingerprint density at radius 1 is 1.70 bits per heavy atom. The van der Waals surface area contributed by atoms with Crippen LogP contribution in [0.2, 0.25) is 0 Å². The Morgan fingerprint density at radius 3 is 3.20 bits per heavy atom. The molecule has 0 saturated carbocycles. The fourth-order valence-electron chi connectivity index (χ4n) is 0.760. The fourth-order valence-corrected chi connectivity index (χ4v) is 0.760. The quantitative estimate of drug-likeness (QED) is 0.476. The third-order valence-corrected chi connectivity index (χ3v) is 1.26. The van der Waals surface area contributed by atoms with Gasteiger partial charge in [-0.15, -0.1) is 0 Å². The van der Waals surface area contributed by atoms with Gasteiger partial charge in [-0.05, 0) is 6.42 Å². The van der Waals surface area contributed by atoms with Crippen LogP contribution in [0.25, 0.3) is 0 Å². The summed E-state index contributed by atoms with van der Waals surface area (Å²) in [5, 5.41) is 8.22. The molecule has 0 unspecified atom stereocenters. The molecule has 0 saturated heterocycles. The summed E-state index contributed by atoms with van der Waals surface area (Å²) in [6.45, 7) is 1.52. The number of hydrogen-bond donors (Lipinski definition) is 2. The van der Waals surface area contributed by atoms with Gasteiger partial charge >= 0.3 is 0 Å². The van der Waals surface area contributed by atoms with E-state index >= 15 is 0 Å². The van der Waals surface area contributed by atoms with Crippen molar-refractivity contribution in [1.82, 2.24) is 15.0 Å². The van der Waals surface area contributed by atoms with Crippen molar-refractivity contribution in [2.75, 3.05) is 6.54 Å². The monoisotopic (exact) mass is 143 g/mol. The van der Waals surface area contributed by atoms with E-state index in [1.807, 2.05) is 10.8 Å². The predicted octanol–water partition coefficient (Wildman–Crippen LogP) is 0.498. The standard InChI is InChI=1S/C6H11N3O.H2/c10-8-2-1-4-9-5-3-7-6-9;/h3,5-6,8,10H,1-2,4H2;1H. The minimum Gasteiger partial charge on any atom is -0.337 e. The molecule has 0 bridgehead atoms. The van der Waals surface area contributed by atoms with Gasteiger partial charge in [-0.1, -0.05) is 0 Å². The number of rotatable bonds is 4. The smallest absolute Gasteiger partial charge is 0.0945 e. The van der Waals surface area contributed by atoms with Gasteiger partial charge in [0.15, 0.2) is 0 Å². The van der Waals surface area contributed by atoms with Crippen LogP contribution in [0.3, 0.4) is 0 Å². The molecule has 0 radical (unpaired) electrons. The molecule has 0 aromatic carbocycles. The van der Waals surface area contributed by atoms with E-state index in [2.05, 4.69) is 10.5 Å². The van der Waals surface area contributed by atoms with Crippen LogP contribution in [0.5, 0.6) is 0 Å². The van der Waals surface area contributed by atoms with E-state index < -0.39 is 0 Å². The number of imidazole rings is 1. The highest BCUT2D eigenvalue weighted by molar-refractivity contribution is 4.73. The second-order valence-electron chi connectivity index (χ2n) is 2.06. The molecule has 1 rings (SSSR count). The van der Waals surface area contributed by atoms with Crippen molar-refractivity contribution < 1.29 is 6.63 Å². The van der Waals surface area contributed by atoms with Crippen LogP contribution < -0.4 is 5.48 Å². The summed E-state index contributed by atoms with van der Waals surface area (Å²) < 4.78 is 1.97. The van der Waals surface area contributed by atoms with Crippen molar-refractivity contribution in [2.24, 2.45) is 0 Å². The minimum absolute atomic E-state index is 0. The lowest BCUT2D eigenvalue weighted by atomic mass is 10.4. The van der Waals surface area contributed by atoms with Gasteiger partial charge in [0.25, 0.3) is 0 Å². The van der Waals surface area contributed by atoms with Crippen molar-refractivity contribution in [1.29, 1.82) is 0 Å². The van der Waals surface area contributed by atoms with E-state index in [-0.39, 0.29) is 1.43 Å². The Labute approximate surface area is 60.9 Å². The summed E-state index contributed by atoms with van der Waals surface area (Å²) >= 11 is 0. The van der Waals surface area contributed by atoms with Crippen LogP contribution in [-0.2, 0) is 6.54 Å². The Bertz CT molecular complexity index is 166. The third kappa shape index (κ3) is 2.16. The summed E-state index contributed by atoms with van der Waals surface area (Å²) in [5.74, 6) is 0. The topological polar surface area (TPSA) is 50.1 Å². The maximum atomic E-state index is 8.22. The van der Waals surface area contributed by atoms with Gasteiger partial charge in [0.2, 0.25) is 0 Å². The largest absolute Gasteiger partial charge is 0.337 e. The van der Waals surface area contributed by atoms with Gasteiger partial charge in [-0.3, -0.25) is 0 Å². The molecular weight excluding hydrogens is 130 g/mol. The number of nitrogens with one attached hydrogen (secondary N) is 1. The summed E-state index contributed by atoms with van der Waals surface area (Å²) in [6, 6.07) is 0. The highest BCUT2D eigenvalue weighted by Gasteiger charge is 1.87. The lowest BCUT2D eigenvalue weighted by Gasteiger charge is -1.98. The Balaban J connectivity index is 0.000001000. The van der Waals surface area contributed by atoms with E-state index in [0.717, 1.165) is 13.0 Å². The van der Waals surface area contributed by atoms with Crippen LogP contribution >= 0.6 is 0 Å². The Morgan fingerprint density at radius 2 is 2.60 bits per heavy atom. The van der Waals surface area contributed by atoms with Crippen molar-refractivity contribution in [3.05, 3.63) is 18.7 Å². The molecule has 1 aromatic rings. The molecule has 2 N–H and O–H groups in total. The number of hydroxylamine groups is 1. The lowest BCUT2D eigenvalue weighted by Crippen LogP contribution is -2.10. The first kappa shape index (κ1) is 7.24. The summed E-state index contributed by atoms with van der Waals surface area (Å²) in [6.07, 6.45) is 6.31. The second kappa shape index (κ2) is 4.03. The van der Waals surface area contributed by atoms with Crippen molar-refractivity contribution in [3.8, 4) is 0 Å². The van der Waals surface area contributed by atoms with Crippen LogP contribution in [0, 0.1) is 0 Å². The normalized spacial score (nSPS) is 10.1. The zero-order chi connectivity index (χ0) is 7.23. The van der Waals surface area contributed by atoms with Gasteiger partial charge in [0.1, 0.15) is 0 Å². The molecule has 0 aliphatic heterocycles. The Kier molecular flexibility index (Phi) is 2.92. The fraction of sp³-hybridized carbons (Fsp3) is 0.500. The zero-order valence-corrected chi connectivity index (χ0v) is 5.70. The first-order valence-electron chi connectivity index (χ1n) is 3.26. The SMILES string of the molecule is ONCCCn1ccnc1.[HH]. The average molecular weight is 143 g/mol. The van der Waals surface area contributed by atoms with E-state index in [1.165, 1.54) is 0 Å². The van der Waals surface area contributed by atoms with Gasteiger partial charge in [0, 0.05) is 26.9 Å². The summed E-state index contributed by atoms with van der Waals surface area (Å²) in [7, 11) is 0. The molecule has 10 heavy (non-hydrogen) atoms. The van der Waals surface area contributed by atoms with E-state index in [0.29, 0.717) is 6.54 Å². The van der Waals surface area contributed by atoms with Gasteiger partial charge < -0.3 is 9.77 Å². The predicted molar refractivity (Wildman–Crippen MR) is 38.7 cm³/mol. The Hall–Kier alpha value is -0.870. The van der Waals surface area contributed by atoms with E-state index in [1.54, 1.807) is 12.5 Å². The van der Waals surface area contributed by atoms with Crippen molar-refractivity contribution >= 4 is 0 Å². The number of hydrogen-bond acceptors (Lipinski definition) is 3. The first-order valence-corrected chi connectivity index (χ1v) is 3.26. The van der Waals surface area contributed by atoms with Crippen LogP contribution in [0.4, 0.5) is 0 Å². The van der Waals surface area contributed by atoms with Crippen LogP contribution in [-0.4, -0.2) is 21.3 Å². The molecule has 0 amide bonds. The minimum atomic E-state index is 0. The highest BCUT2D eigenvalue weighted by Crippen LogP contribution is 1.87. The second-order valence-corrected chi connectivity index (χ2v) is 2.06. The van der Waals surface area contributed by atoms with Gasteiger partial charge in [0.05, 0.1) is 6.33 Å². The average Bonchev–Trinajstić information content (AvgIpc) is 2.41. The maximum absolute atomic E-state index is 8.22. The van der Waals surface area contributed by atoms with E-state index in [9.17, 15) is 0 Å². The van der Waals surface area contributed by atoms with Gasteiger partial charge in [-0.25, -0.2) is 10.5 Å². The molecular formula is C6H13N3O. The van der Waals surface area contributed by atoms with E-state index in [4.69, 9.17) is 5.21 Å². The maximum Gasteiger partial charge on any atom is 0.0945 e. The third-order valence-electron chi connectivity index (χ3n) is 1.26. The molecule has 58 valence electrons. The molecule has 4 nitrogen and oxygen atoms in total. The number of nitrogens with zero attached hydrogens (tertiary/aromatic N) is 2. The highest BCUT2D eigenvalue weighted by atomic mass is 16.5. The molecule has 0 aliphatic rings. The molecule has 1 heterocycles. The number of aryl methyl sites for hydroxylation is 1.